The molecule has 1 heterocycles. The second-order valence-corrected chi connectivity index (χ2v) is 4.46. The Bertz CT molecular complexity index is 706. The first-order valence-corrected chi connectivity index (χ1v) is 6.33. The average Bonchev–Trinajstić information content (AvgIpc) is 2.90. The van der Waals surface area contributed by atoms with Crippen molar-refractivity contribution < 1.29 is 14.3 Å². The zero-order valence-corrected chi connectivity index (χ0v) is 11.5. The maximum Gasteiger partial charge on any atom is 0.262 e. The van der Waals surface area contributed by atoms with E-state index < -0.39 is 5.91 Å². The molecule has 2 N–H and O–H groups in total. The van der Waals surface area contributed by atoms with Gasteiger partial charge in [-0.15, -0.1) is 0 Å². The largest absolute Gasteiger partial charge is 0.508 e. The van der Waals surface area contributed by atoms with E-state index in [-0.39, 0.29) is 17.9 Å². The Labute approximate surface area is 122 Å². The van der Waals surface area contributed by atoms with Crippen LogP contribution in [0.3, 0.4) is 0 Å². The smallest absolute Gasteiger partial charge is 0.262 e. The van der Waals surface area contributed by atoms with Gasteiger partial charge in [0.2, 0.25) is 0 Å². The van der Waals surface area contributed by atoms with Crippen LogP contribution in [0.25, 0.3) is 6.08 Å². The first-order valence-electron chi connectivity index (χ1n) is 6.33. The number of hydrogen-bond acceptors (Lipinski definition) is 4. The Morgan fingerprint density at radius 2 is 2.05 bits per heavy atom. The summed E-state index contributed by atoms with van der Waals surface area (Å²) in [6.07, 6.45) is 1.46. The van der Waals surface area contributed by atoms with Crippen molar-refractivity contribution >= 4 is 12.0 Å². The predicted molar refractivity (Wildman–Crippen MR) is 77.0 cm³/mol. The molecule has 0 atom stereocenters. The first-order chi connectivity index (χ1) is 10.1. The molecule has 0 saturated carbocycles. The van der Waals surface area contributed by atoms with E-state index in [0.29, 0.717) is 11.3 Å². The van der Waals surface area contributed by atoms with Gasteiger partial charge in [0, 0.05) is 0 Å². The number of hydrogen-bond donors (Lipinski definition) is 2. The normalized spacial score (nSPS) is 11.0. The third-order valence-corrected chi connectivity index (χ3v) is 2.79. The van der Waals surface area contributed by atoms with Gasteiger partial charge in [0.05, 0.1) is 6.54 Å². The highest BCUT2D eigenvalue weighted by Gasteiger charge is 2.09. The number of carbonyl (C=O) groups is 1. The van der Waals surface area contributed by atoms with Crippen molar-refractivity contribution in [1.82, 2.24) is 5.32 Å². The molecular weight excluding hydrogens is 268 g/mol. The molecule has 0 saturated heterocycles. The van der Waals surface area contributed by atoms with Crippen molar-refractivity contribution in [3.8, 4) is 11.8 Å². The lowest BCUT2D eigenvalue weighted by Gasteiger charge is -2.02. The molecule has 106 valence electrons. The van der Waals surface area contributed by atoms with Gasteiger partial charge in [0.25, 0.3) is 5.91 Å². The first kappa shape index (κ1) is 14.4. The molecule has 0 fully saturated rings. The Kier molecular flexibility index (Phi) is 4.42. The molecule has 1 aromatic heterocycles. The standard InChI is InChI=1S/C16H14N2O3/c1-11-2-7-15(21-11)10-18-16(20)13(9-17)8-12-3-5-14(19)6-4-12/h2-8,19H,10H2,1H3,(H,18,20)/b13-8-. The van der Waals surface area contributed by atoms with Gasteiger partial charge in [0.15, 0.2) is 0 Å². The number of phenols is 1. The number of furan rings is 1. The van der Waals surface area contributed by atoms with E-state index in [4.69, 9.17) is 9.68 Å². The number of carbonyl (C=O) groups excluding carboxylic acids is 1. The minimum absolute atomic E-state index is 0.0102. The number of rotatable bonds is 4. The number of nitriles is 1. The summed E-state index contributed by atoms with van der Waals surface area (Å²) in [6, 6.07) is 11.7. The summed E-state index contributed by atoms with van der Waals surface area (Å²) in [7, 11) is 0. The maximum absolute atomic E-state index is 11.9. The molecule has 0 aliphatic heterocycles. The Hall–Kier alpha value is -3.00. The maximum atomic E-state index is 11.9. The molecule has 5 heteroatoms. The number of nitrogens with zero attached hydrogens (tertiary/aromatic N) is 1. The van der Waals surface area contributed by atoms with Crippen LogP contribution in [0.2, 0.25) is 0 Å². The van der Waals surface area contributed by atoms with Gasteiger partial charge in [-0.05, 0) is 42.8 Å². The summed E-state index contributed by atoms with van der Waals surface area (Å²) in [5.74, 6) is 1.05. The molecule has 2 rings (SSSR count). The van der Waals surface area contributed by atoms with Crippen molar-refractivity contribution in [2.75, 3.05) is 0 Å². The summed E-state index contributed by atoms with van der Waals surface area (Å²) in [5.41, 5.74) is 0.650. The molecule has 0 bridgehead atoms. The van der Waals surface area contributed by atoms with Gasteiger partial charge in [-0.1, -0.05) is 12.1 Å². The zero-order valence-electron chi connectivity index (χ0n) is 11.5. The van der Waals surface area contributed by atoms with Crippen molar-refractivity contribution in [2.45, 2.75) is 13.5 Å². The van der Waals surface area contributed by atoms with E-state index in [1.807, 2.05) is 13.0 Å². The summed E-state index contributed by atoms with van der Waals surface area (Å²) in [6.45, 7) is 2.04. The van der Waals surface area contributed by atoms with E-state index in [2.05, 4.69) is 5.32 Å². The fourth-order valence-electron chi connectivity index (χ4n) is 1.73. The minimum Gasteiger partial charge on any atom is -0.508 e. The highest BCUT2D eigenvalue weighted by atomic mass is 16.3. The van der Waals surface area contributed by atoms with E-state index in [1.54, 1.807) is 24.3 Å². The molecular formula is C16H14N2O3. The number of amides is 1. The van der Waals surface area contributed by atoms with E-state index in [0.717, 1.165) is 5.76 Å². The molecule has 0 aliphatic carbocycles. The van der Waals surface area contributed by atoms with Crippen LogP contribution < -0.4 is 5.32 Å². The molecule has 0 radical (unpaired) electrons. The van der Waals surface area contributed by atoms with Gasteiger partial charge in [-0.2, -0.15) is 5.26 Å². The van der Waals surface area contributed by atoms with Gasteiger partial charge in [-0.3, -0.25) is 4.79 Å². The second-order valence-electron chi connectivity index (χ2n) is 4.46. The van der Waals surface area contributed by atoms with Crippen LogP contribution in [0.4, 0.5) is 0 Å². The van der Waals surface area contributed by atoms with Crippen LogP contribution in [0.1, 0.15) is 17.1 Å². The molecule has 5 nitrogen and oxygen atoms in total. The highest BCUT2D eigenvalue weighted by Crippen LogP contribution is 2.13. The SMILES string of the molecule is Cc1ccc(CNC(=O)/C(C#N)=C\c2ccc(O)cc2)o1. The van der Waals surface area contributed by atoms with E-state index in [1.165, 1.54) is 18.2 Å². The highest BCUT2D eigenvalue weighted by molar-refractivity contribution is 6.01. The molecule has 0 spiro atoms. The fourth-order valence-corrected chi connectivity index (χ4v) is 1.73. The average molecular weight is 282 g/mol. The summed E-state index contributed by atoms with van der Waals surface area (Å²) in [5, 5.41) is 20.9. The molecule has 0 unspecified atom stereocenters. The molecule has 0 aliphatic rings. The van der Waals surface area contributed by atoms with Gasteiger partial charge < -0.3 is 14.8 Å². The van der Waals surface area contributed by atoms with Crippen LogP contribution >= 0.6 is 0 Å². The number of benzene rings is 1. The quantitative estimate of drug-likeness (QED) is 0.666. The third kappa shape index (κ3) is 3.98. The Morgan fingerprint density at radius 1 is 1.33 bits per heavy atom. The summed E-state index contributed by atoms with van der Waals surface area (Å²) >= 11 is 0. The van der Waals surface area contributed by atoms with E-state index >= 15 is 0 Å². The van der Waals surface area contributed by atoms with Gasteiger partial charge in [0.1, 0.15) is 28.9 Å². The Morgan fingerprint density at radius 3 is 2.62 bits per heavy atom. The summed E-state index contributed by atoms with van der Waals surface area (Å²) in [4.78, 5) is 11.9. The lowest BCUT2D eigenvalue weighted by Crippen LogP contribution is -2.23. The third-order valence-electron chi connectivity index (χ3n) is 2.79. The van der Waals surface area contributed by atoms with Crippen LogP contribution in [0.5, 0.6) is 5.75 Å². The fraction of sp³-hybridized carbons (Fsp3) is 0.125. The molecule has 1 amide bonds. The number of phenolic OH excluding ortho intramolecular Hbond substituents is 1. The zero-order chi connectivity index (χ0) is 15.2. The number of aromatic hydroxyl groups is 1. The van der Waals surface area contributed by atoms with Gasteiger partial charge in [-0.25, -0.2) is 0 Å². The van der Waals surface area contributed by atoms with Crippen LogP contribution in [0.15, 0.2) is 46.4 Å². The number of nitrogens with one attached hydrogen (secondary N) is 1. The summed E-state index contributed by atoms with van der Waals surface area (Å²) < 4.78 is 5.33. The topological polar surface area (TPSA) is 86.3 Å². The Balaban J connectivity index is 2.04. The lowest BCUT2D eigenvalue weighted by atomic mass is 10.1. The van der Waals surface area contributed by atoms with Crippen molar-refractivity contribution in [2.24, 2.45) is 0 Å². The monoisotopic (exact) mass is 282 g/mol. The van der Waals surface area contributed by atoms with Gasteiger partial charge >= 0.3 is 0 Å². The van der Waals surface area contributed by atoms with Crippen LogP contribution in [-0.2, 0) is 11.3 Å². The second kappa shape index (κ2) is 6.44. The molecule has 21 heavy (non-hydrogen) atoms. The van der Waals surface area contributed by atoms with Crippen molar-refractivity contribution in [1.29, 1.82) is 5.26 Å². The van der Waals surface area contributed by atoms with Crippen LogP contribution in [0, 0.1) is 18.3 Å². The van der Waals surface area contributed by atoms with Crippen molar-refractivity contribution in [3.63, 3.8) is 0 Å². The lowest BCUT2D eigenvalue weighted by molar-refractivity contribution is -0.117. The van der Waals surface area contributed by atoms with Crippen LogP contribution in [-0.4, -0.2) is 11.0 Å². The number of aryl methyl sites for hydroxylation is 1. The van der Waals surface area contributed by atoms with Crippen molar-refractivity contribution in [3.05, 3.63) is 59.1 Å². The predicted octanol–water partition coefficient (Wildman–Crippen LogP) is 2.52. The minimum atomic E-state index is -0.473. The molecule has 2 aromatic rings. The molecule has 1 aromatic carbocycles. The van der Waals surface area contributed by atoms with E-state index in [9.17, 15) is 9.90 Å².